The van der Waals surface area contributed by atoms with Gasteiger partial charge >= 0.3 is 194 Å². The summed E-state index contributed by atoms with van der Waals surface area (Å²) in [6, 6.07) is 38.8. The summed E-state index contributed by atoms with van der Waals surface area (Å²) in [4.78, 5) is 25.6. The van der Waals surface area contributed by atoms with Gasteiger partial charge < -0.3 is 0 Å². The summed E-state index contributed by atoms with van der Waals surface area (Å²) >= 11 is -4.33. The monoisotopic (exact) mass is 617 g/mol. The second-order valence-electron chi connectivity index (χ2n) is 7.30. The predicted octanol–water partition coefficient (Wildman–Crippen LogP) is 2.63. The van der Waals surface area contributed by atoms with Gasteiger partial charge in [0.05, 0.1) is 0 Å². The van der Waals surface area contributed by atoms with Crippen LogP contribution in [0.3, 0.4) is 0 Å². The Kier molecular flexibility index (Phi) is 7.11. The molecule has 0 fully saturated rings. The summed E-state index contributed by atoms with van der Waals surface area (Å²) in [5.74, 6) is -0.739. The molecule has 0 saturated carbocycles. The van der Waals surface area contributed by atoms with Crippen molar-refractivity contribution in [2.75, 3.05) is 6.54 Å². The Morgan fingerprint density at radius 1 is 0.594 bits per heavy atom. The summed E-state index contributed by atoms with van der Waals surface area (Å²) in [7, 11) is 0. The van der Waals surface area contributed by atoms with Gasteiger partial charge in [0.15, 0.2) is 0 Å². The molecule has 0 aromatic heterocycles. The zero-order chi connectivity index (χ0) is 22.2. The molecule has 0 spiro atoms. The van der Waals surface area contributed by atoms with Gasteiger partial charge in [-0.15, -0.1) is 0 Å². The summed E-state index contributed by atoms with van der Waals surface area (Å²) in [5, 5.41) is 2.70. The zero-order valence-electron chi connectivity index (χ0n) is 17.5. The van der Waals surface area contributed by atoms with E-state index in [1.54, 1.807) is 24.3 Å². The SMILES string of the molecule is O=C(CNC(=O)c1ccccc1)[O][Pb]([c]1ccccc1)([c]1ccccc1)[c]1ccccc1. The van der Waals surface area contributed by atoms with Crippen molar-refractivity contribution in [1.29, 1.82) is 0 Å². The van der Waals surface area contributed by atoms with E-state index in [9.17, 15) is 9.59 Å². The molecule has 0 unspecified atom stereocenters. The summed E-state index contributed by atoms with van der Waals surface area (Å²) in [5.41, 5.74) is 0.505. The third kappa shape index (κ3) is 4.80. The van der Waals surface area contributed by atoms with Gasteiger partial charge in [0.25, 0.3) is 0 Å². The minimum absolute atomic E-state index is 0.192. The van der Waals surface area contributed by atoms with Crippen LogP contribution >= 0.6 is 0 Å². The van der Waals surface area contributed by atoms with Crippen molar-refractivity contribution in [2.24, 2.45) is 0 Å². The molecule has 0 aliphatic rings. The van der Waals surface area contributed by atoms with Gasteiger partial charge in [-0.25, -0.2) is 0 Å². The van der Waals surface area contributed by atoms with Crippen LogP contribution in [0.2, 0.25) is 0 Å². The van der Waals surface area contributed by atoms with Gasteiger partial charge in [0, 0.05) is 0 Å². The number of nitrogens with one attached hydrogen (secondary N) is 1. The third-order valence-electron chi connectivity index (χ3n) is 5.24. The van der Waals surface area contributed by atoms with Crippen LogP contribution in [0.25, 0.3) is 0 Å². The van der Waals surface area contributed by atoms with Crippen LogP contribution in [-0.4, -0.2) is 40.0 Å². The first kappa shape index (κ1) is 22.0. The van der Waals surface area contributed by atoms with Gasteiger partial charge in [-0.05, 0) is 0 Å². The van der Waals surface area contributed by atoms with E-state index in [2.05, 4.69) is 5.32 Å². The molecule has 0 saturated heterocycles. The van der Waals surface area contributed by atoms with E-state index >= 15 is 0 Å². The fourth-order valence-corrected chi connectivity index (χ4v) is 18.3. The van der Waals surface area contributed by atoms with E-state index in [0.29, 0.717) is 5.56 Å². The van der Waals surface area contributed by atoms with Gasteiger partial charge in [-0.1, -0.05) is 0 Å². The number of hydrogen-bond acceptors (Lipinski definition) is 3. The molecule has 0 aliphatic carbocycles. The summed E-state index contributed by atoms with van der Waals surface area (Å²) in [6.07, 6.45) is 0. The van der Waals surface area contributed by atoms with Crippen molar-refractivity contribution < 1.29 is 12.3 Å². The molecule has 4 aromatic rings. The number of amides is 1. The van der Waals surface area contributed by atoms with Crippen molar-refractivity contribution in [3.63, 3.8) is 0 Å². The summed E-state index contributed by atoms with van der Waals surface area (Å²) in [6.45, 7) is -0.192. The quantitative estimate of drug-likeness (QED) is 0.325. The van der Waals surface area contributed by atoms with Crippen LogP contribution in [0.15, 0.2) is 121 Å². The first-order valence-electron chi connectivity index (χ1n) is 10.4. The molecule has 0 bridgehead atoms. The van der Waals surface area contributed by atoms with Gasteiger partial charge in [-0.3, -0.25) is 0 Å². The van der Waals surface area contributed by atoms with Crippen LogP contribution in [0.1, 0.15) is 10.4 Å². The Morgan fingerprint density at radius 2 is 0.969 bits per heavy atom. The van der Waals surface area contributed by atoms with Crippen LogP contribution < -0.4 is 14.7 Å². The standard InChI is InChI=1S/C9H9NO3.3C6H5.Pb/c11-8(12)6-10-9(13)7-4-2-1-3-5-7;3*1-2-4-6-5-3-1;/h1-5H,6H2,(H,10,13)(H,11,12);3*1-5H;/q;;;;+1/p-1. The Labute approximate surface area is 193 Å². The van der Waals surface area contributed by atoms with E-state index in [0.717, 1.165) is 9.37 Å². The molecular weight excluding hydrogens is 594 g/mol. The Bertz CT molecular complexity index is 1070. The molecule has 5 heteroatoms. The molecule has 0 aliphatic heterocycles. The fourth-order valence-electron chi connectivity index (χ4n) is 3.75. The fraction of sp³-hybridized carbons (Fsp3) is 0.0370. The average Bonchev–Trinajstić information content (AvgIpc) is 2.88. The zero-order valence-corrected chi connectivity index (χ0v) is 21.4. The maximum atomic E-state index is 13.1. The van der Waals surface area contributed by atoms with Crippen molar-refractivity contribution in [1.82, 2.24) is 5.32 Å². The number of benzene rings is 4. The first-order chi connectivity index (χ1) is 15.7. The van der Waals surface area contributed by atoms with Gasteiger partial charge in [0.1, 0.15) is 0 Å². The maximum absolute atomic E-state index is 13.1. The number of carbonyl (C=O) groups is 2. The molecule has 0 atom stereocenters. The third-order valence-corrected chi connectivity index (χ3v) is 20.7. The van der Waals surface area contributed by atoms with Crippen LogP contribution in [0.4, 0.5) is 0 Å². The molecule has 0 heterocycles. The van der Waals surface area contributed by atoms with Gasteiger partial charge in [0.2, 0.25) is 0 Å². The van der Waals surface area contributed by atoms with Crippen molar-refractivity contribution >= 4 is 42.9 Å². The average molecular weight is 617 g/mol. The van der Waals surface area contributed by atoms with Crippen molar-refractivity contribution in [3.05, 3.63) is 127 Å². The second kappa shape index (κ2) is 10.4. The van der Waals surface area contributed by atoms with Gasteiger partial charge in [-0.2, -0.15) is 0 Å². The molecule has 4 rings (SSSR count). The first-order valence-corrected chi connectivity index (χ1v) is 17.8. The normalized spacial score (nSPS) is 10.9. The van der Waals surface area contributed by atoms with E-state index in [1.165, 1.54) is 0 Å². The van der Waals surface area contributed by atoms with E-state index in [4.69, 9.17) is 2.69 Å². The summed E-state index contributed by atoms with van der Waals surface area (Å²) < 4.78 is 9.58. The topological polar surface area (TPSA) is 55.4 Å². The van der Waals surface area contributed by atoms with E-state index < -0.39 is 27.6 Å². The minimum atomic E-state index is -4.33. The van der Waals surface area contributed by atoms with Crippen molar-refractivity contribution in [3.8, 4) is 0 Å². The Morgan fingerprint density at radius 3 is 1.38 bits per heavy atom. The van der Waals surface area contributed by atoms with Crippen LogP contribution in [0.5, 0.6) is 0 Å². The van der Waals surface area contributed by atoms with Crippen molar-refractivity contribution in [2.45, 2.75) is 0 Å². The number of carbonyl (C=O) groups excluding carboxylic acids is 2. The molecule has 32 heavy (non-hydrogen) atoms. The molecule has 4 nitrogen and oxygen atoms in total. The molecule has 1 amide bonds. The Hall–Kier alpha value is -3.26. The number of hydrogen-bond donors (Lipinski definition) is 1. The number of rotatable bonds is 7. The van der Waals surface area contributed by atoms with Crippen LogP contribution in [0, 0.1) is 0 Å². The van der Waals surface area contributed by atoms with E-state index in [1.807, 2.05) is 97.1 Å². The molecular formula is C27H23NO3Pb. The Balaban J connectivity index is 1.69. The molecule has 0 radical (unpaired) electrons. The second-order valence-corrected chi connectivity index (χ2v) is 20.1. The van der Waals surface area contributed by atoms with E-state index in [-0.39, 0.29) is 12.5 Å². The molecule has 1 N–H and O–H groups in total. The molecule has 158 valence electrons. The molecule has 4 aromatic carbocycles. The predicted molar refractivity (Wildman–Crippen MR) is 129 cm³/mol. The van der Waals surface area contributed by atoms with Crippen LogP contribution in [-0.2, 0) is 7.48 Å².